The first-order valence-electron chi connectivity index (χ1n) is 5.36. The molecule has 0 bridgehead atoms. The summed E-state index contributed by atoms with van der Waals surface area (Å²) in [6.07, 6.45) is 0. The molecule has 4 heteroatoms. The third kappa shape index (κ3) is 1.37. The first-order valence-corrected chi connectivity index (χ1v) is 5.36. The van der Waals surface area contributed by atoms with Gasteiger partial charge in [-0.05, 0) is 32.9 Å². The maximum Gasteiger partial charge on any atom is 0.249 e. The second kappa shape index (κ2) is 3.47. The van der Waals surface area contributed by atoms with Gasteiger partial charge in [0.25, 0.3) is 0 Å². The van der Waals surface area contributed by atoms with Crippen molar-refractivity contribution in [1.29, 1.82) is 0 Å². The van der Waals surface area contributed by atoms with Gasteiger partial charge >= 0.3 is 0 Å². The van der Waals surface area contributed by atoms with Crippen LogP contribution >= 0.6 is 0 Å². The molecular formula is C12H15FN2O. The van der Waals surface area contributed by atoms with Crippen molar-refractivity contribution < 1.29 is 9.18 Å². The number of anilines is 2. The molecule has 1 heterocycles. The van der Waals surface area contributed by atoms with Gasteiger partial charge < -0.3 is 10.2 Å². The van der Waals surface area contributed by atoms with Crippen molar-refractivity contribution in [2.24, 2.45) is 0 Å². The molecule has 1 aromatic rings. The summed E-state index contributed by atoms with van der Waals surface area (Å²) >= 11 is 0. The van der Waals surface area contributed by atoms with E-state index in [0.717, 1.165) is 0 Å². The highest BCUT2D eigenvalue weighted by Gasteiger charge is 2.40. The van der Waals surface area contributed by atoms with Crippen LogP contribution < -0.4 is 10.2 Å². The van der Waals surface area contributed by atoms with Gasteiger partial charge in [0.2, 0.25) is 5.91 Å². The SMILES string of the molecule is CCN1c2c(F)cccc2NC(=O)C1(C)C. The minimum atomic E-state index is -0.718. The predicted octanol–water partition coefficient (Wildman–Crippen LogP) is 2.38. The number of nitrogens with one attached hydrogen (secondary N) is 1. The van der Waals surface area contributed by atoms with Crippen LogP contribution in [0, 0.1) is 5.82 Å². The molecule has 0 spiro atoms. The van der Waals surface area contributed by atoms with Gasteiger partial charge in [-0.2, -0.15) is 0 Å². The van der Waals surface area contributed by atoms with Crippen LogP contribution in [0.1, 0.15) is 20.8 Å². The number of amides is 1. The predicted molar refractivity (Wildman–Crippen MR) is 62.1 cm³/mol. The van der Waals surface area contributed by atoms with E-state index in [9.17, 15) is 9.18 Å². The van der Waals surface area contributed by atoms with Crippen LogP contribution in [0.15, 0.2) is 18.2 Å². The molecule has 0 radical (unpaired) electrons. The molecule has 0 atom stereocenters. The van der Waals surface area contributed by atoms with Crippen LogP contribution in [0.5, 0.6) is 0 Å². The number of hydrogen-bond acceptors (Lipinski definition) is 2. The summed E-state index contributed by atoms with van der Waals surface area (Å²) < 4.78 is 13.8. The average molecular weight is 222 g/mol. The highest BCUT2D eigenvalue weighted by molar-refractivity contribution is 6.06. The van der Waals surface area contributed by atoms with E-state index in [1.807, 2.05) is 6.92 Å². The highest BCUT2D eigenvalue weighted by atomic mass is 19.1. The summed E-state index contributed by atoms with van der Waals surface area (Å²) in [7, 11) is 0. The Bertz CT molecular complexity index is 443. The van der Waals surface area contributed by atoms with Crippen molar-refractivity contribution in [1.82, 2.24) is 0 Å². The molecule has 0 aromatic heterocycles. The van der Waals surface area contributed by atoms with Crippen molar-refractivity contribution in [2.45, 2.75) is 26.3 Å². The van der Waals surface area contributed by atoms with Gasteiger partial charge in [-0.25, -0.2) is 4.39 Å². The number of benzene rings is 1. The lowest BCUT2D eigenvalue weighted by molar-refractivity contribution is -0.120. The molecule has 1 aliphatic heterocycles. The molecule has 16 heavy (non-hydrogen) atoms. The third-order valence-corrected chi connectivity index (χ3v) is 3.05. The maximum atomic E-state index is 13.8. The third-order valence-electron chi connectivity index (χ3n) is 3.05. The average Bonchev–Trinajstić information content (AvgIpc) is 2.21. The largest absolute Gasteiger partial charge is 0.354 e. The Hall–Kier alpha value is -1.58. The quantitative estimate of drug-likeness (QED) is 0.791. The van der Waals surface area contributed by atoms with Crippen molar-refractivity contribution >= 4 is 17.3 Å². The standard InChI is InChI=1S/C12H15FN2O/c1-4-15-10-8(13)6-5-7-9(10)14-11(16)12(15,2)3/h5-7H,4H2,1-3H3,(H,14,16). The zero-order valence-corrected chi connectivity index (χ0v) is 9.67. The first kappa shape index (κ1) is 10.9. The van der Waals surface area contributed by atoms with Gasteiger partial charge in [-0.3, -0.25) is 4.79 Å². The number of fused-ring (bicyclic) bond motifs is 1. The molecule has 1 amide bonds. The Balaban J connectivity index is 2.63. The van der Waals surface area contributed by atoms with E-state index in [-0.39, 0.29) is 11.7 Å². The number of likely N-dealkylation sites (N-methyl/N-ethyl adjacent to an activating group) is 1. The summed E-state index contributed by atoms with van der Waals surface area (Å²) in [6.45, 7) is 6.09. The van der Waals surface area contributed by atoms with Gasteiger partial charge in [0.1, 0.15) is 11.4 Å². The second-order valence-electron chi connectivity index (χ2n) is 4.39. The molecule has 1 aromatic carbocycles. The molecule has 1 aliphatic rings. The van der Waals surface area contributed by atoms with Gasteiger partial charge in [0, 0.05) is 6.54 Å². The topological polar surface area (TPSA) is 32.3 Å². The van der Waals surface area contributed by atoms with Crippen LogP contribution in [0.25, 0.3) is 0 Å². The molecule has 0 unspecified atom stereocenters. The Morgan fingerprint density at radius 1 is 1.44 bits per heavy atom. The highest BCUT2D eigenvalue weighted by Crippen LogP contribution is 2.38. The smallest absolute Gasteiger partial charge is 0.249 e. The van der Waals surface area contributed by atoms with Gasteiger partial charge in [-0.15, -0.1) is 0 Å². The zero-order valence-electron chi connectivity index (χ0n) is 9.67. The molecule has 0 fully saturated rings. The maximum absolute atomic E-state index is 13.8. The zero-order chi connectivity index (χ0) is 11.9. The van der Waals surface area contributed by atoms with Gasteiger partial charge in [0.15, 0.2) is 0 Å². The minimum Gasteiger partial charge on any atom is -0.354 e. The van der Waals surface area contributed by atoms with Crippen molar-refractivity contribution in [3.05, 3.63) is 24.0 Å². The number of carbonyl (C=O) groups excluding carboxylic acids is 1. The Morgan fingerprint density at radius 2 is 2.12 bits per heavy atom. The van der Waals surface area contributed by atoms with E-state index >= 15 is 0 Å². The number of carbonyl (C=O) groups is 1. The van der Waals surface area contributed by atoms with E-state index in [4.69, 9.17) is 0 Å². The monoisotopic (exact) mass is 222 g/mol. The molecule has 86 valence electrons. The lowest BCUT2D eigenvalue weighted by atomic mass is 9.96. The number of hydrogen-bond donors (Lipinski definition) is 1. The Labute approximate surface area is 94.3 Å². The number of halogens is 1. The first-order chi connectivity index (χ1) is 7.48. The fourth-order valence-electron chi connectivity index (χ4n) is 2.12. The normalized spacial score (nSPS) is 18.0. The molecule has 0 aliphatic carbocycles. The van der Waals surface area contributed by atoms with E-state index in [0.29, 0.717) is 17.9 Å². The summed E-state index contributed by atoms with van der Waals surface area (Å²) in [5, 5.41) is 2.73. The lowest BCUT2D eigenvalue weighted by Gasteiger charge is -2.43. The summed E-state index contributed by atoms with van der Waals surface area (Å²) in [5.41, 5.74) is 0.310. The van der Waals surface area contributed by atoms with Crippen LogP contribution in [0.3, 0.4) is 0 Å². The minimum absolute atomic E-state index is 0.104. The van der Waals surface area contributed by atoms with Gasteiger partial charge in [0.05, 0.1) is 11.4 Å². The molecule has 2 rings (SSSR count). The van der Waals surface area contributed by atoms with E-state index < -0.39 is 5.54 Å². The Morgan fingerprint density at radius 3 is 2.75 bits per heavy atom. The van der Waals surface area contributed by atoms with Crippen LogP contribution in [0.2, 0.25) is 0 Å². The molecular weight excluding hydrogens is 207 g/mol. The fourth-order valence-corrected chi connectivity index (χ4v) is 2.12. The van der Waals surface area contributed by atoms with E-state index in [2.05, 4.69) is 5.32 Å². The second-order valence-corrected chi connectivity index (χ2v) is 4.39. The van der Waals surface area contributed by atoms with Gasteiger partial charge in [-0.1, -0.05) is 6.07 Å². The van der Waals surface area contributed by atoms with Crippen molar-refractivity contribution in [2.75, 3.05) is 16.8 Å². The van der Waals surface area contributed by atoms with Crippen LogP contribution in [0.4, 0.5) is 15.8 Å². The summed E-state index contributed by atoms with van der Waals surface area (Å²) in [5.74, 6) is -0.403. The van der Waals surface area contributed by atoms with Crippen molar-refractivity contribution in [3.63, 3.8) is 0 Å². The molecule has 0 saturated carbocycles. The van der Waals surface area contributed by atoms with E-state index in [1.165, 1.54) is 6.07 Å². The number of nitrogens with zero attached hydrogens (tertiary/aromatic N) is 1. The Kier molecular flexibility index (Phi) is 2.37. The number of rotatable bonds is 1. The number of para-hydroxylation sites is 1. The van der Waals surface area contributed by atoms with Crippen LogP contribution in [-0.4, -0.2) is 18.0 Å². The lowest BCUT2D eigenvalue weighted by Crippen LogP contribution is -2.56. The molecule has 1 N–H and O–H groups in total. The summed E-state index contributed by atoms with van der Waals surface area (Å²) in [6, 6.07) is 4.73. The molecule has 3 nitrogen and oxygen atoms in total. The summed E-state index contributed by atoms with van der Waals surface area (Å²) in [4.78, 5) is 13.7. The van der Waals surface area contributed by atoms with E-state index in [1.54, 1.807) is 30.9 Å². The molecule has 0 saturated heterocycles. The fraction of sp³-hybridized carbons (Fsp3) is 0.417. The van der Waals surface area contributed by atoms with Crippen LogP contribution in [-0.2, 0) is 4.79 Å². The van der Waals surface area contributed by atoms with Crippen molar-refractivity contribution in [3.8, 4) is 0 Å².